The molecule has 1 aromatic rings. The van der Waals surface area contributed by atoms with Crippen LogP contribution in [0.5, 0.6) is 0 Å². The maximum absolute atomic E-state index is 13.5. The second-order valence-electron chi connectivity index (χ2n) is 7.80. The molecule has 0 N–H and O–H groups in total. The van der Waals surface area contributed by atoms with E-state index in [4.69, 9.17) is 9.31 Å². The zero-order chi connectivity index (χ0) is 16.7. The Kier molecular flexibility index (Phi) is 4.56. The number of alkyl halides is 1. The van der Waals surface area contributed by atoms with Gasteiger partial charge in [0.1, 0.15) is 6.17 Å². The van der Waals surface area contributed by atoms with E-state index in [-0.39, 0.29) is 18.3 Å². The first-order valence-corrected chi connectivity index (χ1v) is 8.58. The highest BCUT2D eigenvalue weighted by atomic mass is 19.1. The van der Waals surface area contributed by atoms with Crippen molar-refractivity contribution in [2.75, 3.05) is 13.1 Å². The van der Waals surface area contributed by atoms with Gasteiger partial charge in [-0.3, -0.25) is 4.90 Å². The van der Waals surface area contributed by atoms with Gasteiger partial charge in [-0.1, -0.05) is 24.3 Å². The van der Waals surface area contributed by atoms with Crippen molar-refractivity contribution >= 4 is 12.6 Å². The molecule has 0 spiro atoms. The van der Waals surface area contributed by atoms with Crippen molar-refractivity contribution in [3.8, 4) is 0 Å². The van der Waals surface area contributed by atoms with Gasteiger partial charge in [-0.25, -0.2) is 4.39 Å². The maximum Gasteiger partial charge on any atom is 0.494 e. The number of piperidine rings is 1. The van der Waals surface area contributed by atoms with Gasteiger partial charge in [-0.05, 0) is 58.1 Å². The molecule has 0 aromatic heterocycles. The van der Waals surface area contributed by atoms with E-state index in [9.17, 15) is 4.39 Å². The summed E-state index contributed by atoms with van der Waals surface area (Å²) in [6, 6.07) is 8.33. The van der Waals surface area contributed by atoms with Crippen molar-refractivity contribution in [3.05, 3.63) is 29.8 Å². The van der Waals surface area contributed by atoms with E-state index in [1.165, 1.54) is 5.56 Å². The third-order valence-corrected chi connectivity index (χ3v) is 5.36. The molecule has 2 aliphatic heterocycles. The van der Waals surface area contributed by atoms with Gasteiger partial charge in [0.2, 0.25) is 0 Å². The highest BCUT2D eigenvalue weighted by molar-refractivity contribution is 6.62. The lowest BCUT2D eigenvalue weighted by Crippen LogP contribution is -2.41. The minimum Gasteiger partial charge on any atom is -0.399 e. The Morgan fingerprint density at radius 2 is 1.74 bits per heavy atom. The van der Waals surface area contributed by atoms with E-state index in [1.807, 2.05) is 0 Å². The normalized spacial score (nSPS) is 27.3. The number of nitrogens with zero attached hydrogens (tertiary/aromatic N) is 1. The highest BCUT2D eigenvalue weighted by Crippen LogP contribution is 2.36. The van der Waals surface area contributed by atoms with Crippen LogP contribution < -0.4 is 5.46 Å². The standard InChI is InChI=1S/C18H27BFNO2/c1-17(2)18(3,4)23-19(22-17)15-9-7-14(8-10-15)12-21-11-5-6-16(20)13-21/h7-10,16H,5-6,11-13H2,1-4H3. The molecule has 2 fully saturated rings. The molecule has 5 heteroatoms. The summed E-state index contributed by atoms with van der Waals surface area (Å²) in [5.74, 6) is 0. The van der Waals surface area contributed by atoms with Gasteiger partial charge >= 0.3 is 7.12 Å². The summed E-state index contributed by atoms with van der Waals surface area (Å²) in [6.45, 7) is 10.6. The Balaban J connectivity index is 1.64. The number of hydrogen-bond donors (Lipinski definition) is 0. The first-order chi connectivity index (χ1) is 10.8. The lowest BCUT2D eigenvalue weighted by Gasteiger charge is -2.32. The quantitative estimate of drug-likeness (QED) is 0.800. The minimum absolute atomic E-state index is 0.319. The zero-order valence-electron chi connectivity index (χ0n) is 14.6. The second kappa shape index (κ2) is 6.19. The van der Waals surface area contributed by atoms with E-state index < -0.39 is 6.17 Å². The summed E-state index contributed by atoms with van der Waals surface area (Å²) in [5.41, 5.74) is 1.61. The fraction of sp³-hybridized carbons (Fsp3) is 0.667. The molecular formula is C18H27BFNO2. The summed E-state index contributed by atoms with van der Waals surface area (Å²) in [4.78, 5) is 2.19. The van der Waals surface area contributed by atoms with Crippen LogP contribution in [-0.2, 0) is 15.9 Å². The molecule has 1 aromatic carbocycles. The summed E-state index contributed by atoms with van der Waals surface area (Å²) in [6.07, 6.45) is 0.984. The SMILES string of the molecule is CC1(C)OB(c2ccc(CN3CCCC(F)C3)cc2)OC1(C)C. The molecule has 126 valence electrons. The van der Waals surface area contributed by atoms with Crippen LogP contribution in [0.25, 0.3) is 0 Å². The molecule has 0 radical (unpaired) electrons. The predicted molar refractivity (Wildman–Crippen MR) is 91.6 cm³/mol. The fourth-order valence-corrected chi connectivity index (χ4v) is 3.16. The molecule has 2 heterocycles. The van der Waals surface area contributed by atoms with Gasteiger partial charge in [0.15, 0.2) is 0 Å². The monoisotopic (exact) mass is 319 g/mol. The summed E-state index contributed by atoms with van der Waals surface area (Å²) < 4.78 is 25.6. The average molecular weight is 319 g/mol. The topological polar surface area (TPSA) is 21.7 Å². The summed E-state index contributed by atoms with van der Waals surface area (Å²) in [5, 5.41) is 0. The van der Waals surface area contributed by atoms with Gasteiger partial charge in [-0.2, -0.15) is 0 Å². The lowest BCUT2D eigenvalue weighted by atomic mass is 9.79. The van der Waals surface area contributed by atoms with Crippen molar-refractivity contribution in [1.82, 2.24) is 4.90 Å². The molecule has 3 rings (SSSR count). The first kappa shape index (κ1) is 16.9. The molecule has 0 bridgehead atoms. The van der Waals surface area contributed by atoms with Gasteiger partial charge in [0, 0.05) is 13.1 Å². The molecular weight excluding hydrogens is 292 g/mol. The number of likely N-dealkylation sites (tertiary alicyclic amines) is 1. The Hall–Kier alpha value is -0.905. The lowest BCUT2D eigenvalue weighted by molar-refractivity contribution is 0.00578. The molecule has 2 saturated heterocycles. The summed E-state index contributed by atoms with van der Waals surface area (Å²) in [7, 11) is -0.320. The first-order valence-electron chi connectivity index (χ1n) is 8.58. The van der Waals surface area contributed by atoms with E-state index >= 15 is 0 Å². The zero-order valence-corrected chi connectivity index (χ0v) is 14.6. The van der Waals surface area contributed by atoms with Gasteiger partial charge < -0.3 is 9.31 Å². The molecule has 23 heavy (non-hydrogen) atoms. The van der Waals surface area contributed by atoms with Crippen LogP contribution >= 0.6 is 0 Å². The Morgan fingerprint density at radius 1 is 1.13 bits per heavy atom. The van der Waals surface area contributed by atoms with Crippen LogP contribution in [0.2, 0.25) is 0 Å². The minimum atomic E-state index is -0.673. The van der Waals surface area contributed by atoms with E-state index in [2.05, 4.69) is 56.9 Å². The van der Waals surface area contributed by atoms with E-state index in [0.29, 0.717) is 13.0 Å². The molecule has 2 aliphatic rings. The molecule has 3 nitrogen and oxygen atoms in total. The van der Waals surface area contributed by atoms with Gasteiger partial charge in [0.05, 0.1) is 11.2 Å². The smallest absolute Gasteiger partial charge is 0.399 e. The third kappa shape index (κ3) is 3.62. The largest absolute Gasteiger partial charge is 0.494 e. The predicted octanol–water partition coefficient (Wildman–Crippen LogP) is 2.92. The summed E-state index contributed by atoms with van der Waals surface area (Å²) >= 11 is 0. The third-order valence-electron chi connectivity index (χ3n) is 5.36. The Bertz CT molecular complexity index is 530. The van der Waals surface area contributed by atoms with Gasteiger partial charge in [0.25, 0.3) is 0 Å². The Labute approximate surface area is 139 Å². The number of hydrogen-bond acceptors (Lipinski definition) is 3. The van der Waals surface area contributed by atoms with Crippen LogP contribution in [0.3, 0.4) is 0 Å². The molecule has 1 unspecified atom stereocenters. The van der Waals surface area contributed by atoms with Crippen LogP contribution in [0, 0.1) is 0 Å². The van der Waals surface area contributed by atoms with Crippen molar-refractivity contribution in [1.29, 1.82) is 0 Å². The number of rotatable bonds is 3. The van der Waals surface area contributed by atoms with Crippen molar-refractivity contribution < 1.29 is 13.7 Å². The van der Waals surface area contributed by atoms with Crippen LogP contribution in [0.4, 0.5) is 4.39 Å². The highest BCUT2D eigenvalue weighted by Gasteiger charge is 2.51. The number of benzene rings is 1. The average Bonchev–Trinajstić information content (AvgIpc) is 2.68. The second-order valence-corrected chi connectivity index (χ2v) is 7.80. The van der Waals surface area contributed by atoms with Crippen molar-refractivity contribution in [2.24, 2.45) is 0 Å². The van der Waals surface area contributed by atoms with E-state index in [0.717, 1.165) is 25.0 Å². The van der Waals surface area contributed by atoms with Crippen LogP contribution in [-0.4, -0.2) is 42.5 Å². The fourth-order valence-electron chi connectivity index (χ4n) is 3.16. The Morgan fingerprint density at radius 3 is 2.30 bits per heavy atom. The molecule has 0 aliphatic carbocycles. The van der Waals surface area contributed by atoms with E-state index in [1.54, 1.807) is 0 Å². The molecule has 0 amide bonds. The number of halogens is 1. The maximum atomic E-state index is 13.5. The van der Waals surface area contributed by atoms with Crippen molar-refractivity contribution in [2.45, 2.75) is 64.5 Å². The van der Waals surface area contributed by atoms with Crippen molar-refractivity contribution in [3.63, 3.8) is 0 Å². The molecule has 1 atom stereocenters. The van der Waals surface area contributed by atoms with Crippen LogP contribution in [0.15, 0.2) is 24.3 Å². The molecule has 0 saturated carbocycles. The van der Waals surface area contributed by atoms with Crippen LogP contribution in [0.1, 0.15) is 46.1 Å². The van der Waals surface area contributed by atoms with Gasteiger partial charge in [-0.15, -0.1) is 0 Å².